The number of rotatable bonds is 2. The number of nitrogens with zero attached hydrogens (tertiary/aromatic N) is 4. The highest BCUT2D eigenvalue weighted by Crippen LogP contribution is 2.36. The van der Waals surface area contributed by atoms with Crippen molar-refractivity contribution in [1.29, 1.82) is 0 Å². The number of aryl methyl sites for hydroxylation is 1. The van der Waals surface area contributed by atoms with Crippen LogP contribution in [0.5, 0.6) is 0 Å². The second-order valence-electron chi connectivity index (χ2n) is 5.53. The summed E-state index contributed by atoms with van der Waals surface area (Å²) in [6, 6.07) is 4.26. The van der Waals surface area contributed by atoms with E-state index in [0.717, 1.165) is 17.8 Å². The van der Waals surface area contributed by atoms with Crippen LogP contribution < -0.4 is 0 Å². The Morgan fingerprint density at radius 2 is 2.18 bits per heavy atom. The van der Waals surface area contributed by atoms with Crippen molar-refractivity contribution in [1.82, 2.24) is 14.8 Å². The lowest BCUT2D eigenvalue weighted by Crippen LogP contribution is -2.13. The van der Waals surface area contributed by atoms with Gasteiger partial charge in [-0.3, -0.25) is 9.98 Å². The van der Waals surface area contributed by atoms with Crippen molar-refractivity contribution in [2.45, 2.75) is 26.4 Å². The zero-order valence-electron chi connectivity index (χ0n) is 12.5. The van der Waals surface area contributed by atoms with E-state index in [0.29, 0.717) is 0 Å². The third-order valence-corrected chi connectivity index (χ3v) is 4.99. The minimum atomic E-state index is 0.0528. The highest BCUT2D eigenvalue weighted by molar-refractivity contribution is 7.22. The molecule has 3 aromatic rings. The Balaban J connectivity index is 1.85. The van der Waals surface area contributed by atoms with Gasteiger partial charge in [0.05, 0.1) is 16.8 Å². The van der Waals surface area contributed by atoms with Crippen LogP contribution in [0.1, 0.15) is 25.1 Å². The lowest BCUT2D eigenvalue weighted by molar-refractivity contribution is 0.479. The van der Waals surface area contributed by atoms with E-state index in [1.54, 1.807) is 11.3 Å². The smallest absolute Gasteiger partial charge is 0.145 e. The molecule has 0 spiro atoms. The normalized spacial score (nSPS) is 17.9. The van der Waals surface area contributed by atoms with E-state index in [2.05, 4.69) is 46.0 Å². The average Bonchev–Trinajstić information content (AvgIpc) is 3.10. The van der Waals surface area contributed by atoms with E-state index >= 15 is 0 Å². The Hall–Kier alpha value is -2.27. The van der Waals surface area contributed by atoms with Crippen molar-refractivity contribution in [2.75, 3.05) is 0 Å². The molecule has 0 N–H and O–H groups in total. The Labute approximate surface area is 132 Å². The molecule has 22 heavy (non-hydrogen) atoms. The third-order valence-electron chi connectivity index (χ3n) is 3.87. The number of pyridine rings is 1. The van der Waals surface area contributed by atoms with Crippen LogP contribution in [0, 0.1) is 6.92 Å². The summed E-state index contributed by atoms with van der Waals surface area (Å²) in [5.74, 6) is 0. The van der Waals surface area contributed by atoms with Crippen LogP contribution in [0.25, 0.3) is 20.7 Å². The molecule has 0 amide bonds. The highest BCUT2D eigenvalue weighted by Gasteiger charge is 2.20. The molecule has 0 aromatic carbocycles. The van der Waals surface area contributed by atoms with Crippen molar-refractivity contribution in [2.24, 2.45) is 4.99 Å². The molecule has 0 radical (unpaired) electrons. The topological polar surface area (TPSA) is 43.1 Å². The summed E-state index contributed by atoms with van der Waals surface area (Å²) in [7, 11) is 0. The van der Waals surface area contributed by atoms with Crippen molar-refractivity contribution in [3.63, 3.8) is 0 Å². The van der Waals surface area contributed by atoms with Crippen LogP contribution in [0.4, 0.5) is 0 Å². The number of allylic oxidation sites excluding steroid dienone is 1. The van der Waals surface area contributed by atoms with Gasteiger partial charge in [0.1, 0.15) is 6.17 Å². The Bertz CT molecular complexity index is 867. The predicted molar refractivity (Wildman–Crippen MR) is 91.5 cm³/mol. The van der Waals surface area contributed by atoms with E-state index in [1.165, 1.54) is 20.5 Å². The number of thiophene rings is 1. The second kappa shape index (κ2) is 5.18. The standard InChI is InChI=1S/C17H16N4S/c1-11-9-19-21(16-5-3-4-12(2)20-16)17(11)15-8-13-10-18-7-6-14(13)22-15/h3-4,6-10,16H,5H2,1-2H3. The number of fused-ring (bicyclic) bond motifs is 1. The number of dihydropyridines is 1. The molecule has 0 bridgehead atoms. The first-order valence-electron chi connectivity index (χ1n) is 7.31. The quantitative estimate of drug-likeness (QED) is 0.704. The monoisotopic (exact) mass is 308 g/mol. The maximum Gasteiger partial charge on any atom is 0.145 e. The van der Waals surface area contributed by atoms with Crippen molar-refractivity contribution < 1.29 is 0 Å². The van der Waals surface area contributed by atoms with Crippen LogP contribution in [0.15, 0.2) is 47.9 Å². The molecule has 0 fully saturated rings. The Morgan fingerprint density at radius 3 is 3.00 bits per heavy atom. The van der Waals surface area contributed by atoms with Gasteiger partial charge in [-0.1, -0.05) is 6.08 Å². The summed E-state index contributed by atoms with van der Waals surface area (Å²) in [6.45, 7) is 4.14. The molecule has 4 rings (SSSR count). The summed E-state index contributed by atoms with van der Waals surface area (Å²) >= 11 is 1.78. The zero-order valence-corrected chi connectivity index (χ0v) is 13.3. The maximum atomic E-state index is 4.73. The van der Waals surface area contributed by atoms with E-state index in [9.17, 15) is 0 Å². The molecule has 3 aromatic heterocycles. The molecule has 5 heteroatoms. The molecular weight excluding hydrogens is 292 g/mol. The molecule has 1 unspecified atom stereocenters. The van der Waals surface area contributed by atoms with E-state index in [1.807, 2.05) is 25.5 Å². The first-order valence-corrected chi connectivity index (χ1v) is 8.13. The lowest BCUT2D eigenvalue weighted by atomic mass is 10.2. The number of aliphatic imine (C=N–C) groups is 1. The van der Waals surface area contributed by atoms with Crippen molar-refractivity contribution in [3.8, 4) is 10.6 Å². The molecule has 1 atom stereocenters. The van der Waals surface area contributed by atoms with E-state index in [-0.39, 0.29) is 6.17 Å². The minimum Gasteiger partial charge on any atom is -0.264 e. The van der Waals surface area contributed by atoms with E-state index < -0.39 is 0 Å². The fourth-order valence-electron chi connectivity index (χ4n) is 2.83. The number of hydrogen-bond donors (Lipinski definition) is 0. The van der Waals surface area contributed by atoms with Gasteiger partial charge in [-0.15, -0.1) is 11.3 Å². The largest absolute Gasteiger partial charge is 0.264 e. The van der Waals surface area contributed by atoms with Gasteiger partial charge < -0.3 is 0 Å². The fourth-order valence-corrected chi connectivity index (χ4v) is 3.96. The fraction of sp³-hybridized carbons (Fsp3) is 0.235. The second-order valence-corrected chi connectivity index (χ2v) is 6.62. The molecule has 4 nitrogen and oxygen atoms in total. The van der Waals surface area contributed by atoms with Gasteiger partial charge in [0.2, 0.25) is 0 Å². The molecule has 0 aliphatic carbocycles. The summed E-state index contributed by atoms with van der Waals surface area (Å²) in [5, 5.41) is 5.77. The molecular formula is C17H16N4S. The predicted octanol–water partition coefficient (Wildman–Crippen LogP) is 4.39. The van der Waals surface area contributed by atoms with Crippen LogP contribution in [-0.2, 0) is 0 Å². The lowest BCUT2D eigenvalue weighted by Gasteiger charge is -2.18. The molecule has 1 aliphatic rings. The highest BCUT2D eigenvalue weighted by atomic mass is 32.1. The number of hydrogen-bond acceptors (Lipinski definition) is 4. The van der Waals surface area contributed by atoms with Gasteiger partial charge in [-0.05, 0) is 37.6 Å². The number of aromatic nitrogens is 3. The molecule has 0 saturated heterocycles. The van der Waals surface area contributed by atoms with Gasteiger partial charge in [0.15, 0.2) is 0 Å². The molecule has 4 heterocycles. The van der Waals surface area contributed by atoms with Crippen molar-refractivity contribution in [3.05, 3.63) is 48.4 Å². The zero-order chi connectivity index (χ0) is 15.1. The molecule has 0 saturated carbocycles. The molecule has 110 valence electrons. The van der Waals surface area contributed by atoms with Crippen LogP contribution in [0.2, 0.25) is 0 Å². The van der Waals surface area contributed by atoms with E-state index in [4.69, 9.17) is 4.99 Å². The van der Waals surface area contributed by atoms with Crippen molar-refractivity contribution >= 4 is 27.1 Å². The minimum absolute atomic E-state index is 0.0528. The summed E-state index contributed by atoms with van der Waals surface area (Å²) in [4.78, 5) is 10.2. The van der Waals surface area contributed by atoms with Gasteiger partial charge in [0, 0.05) is 34.6 Å². The van der Waals surface area contributed by atoms with Gasteiger partial charge in [-0.2, -0.15) is 5.10 Å². The van der Waals surface area contributed by atoms with Gasteiger partial charge in [-0.25, -0.2) is 4.68 Å². The summed E-state index contributed by atoms with van der Waals surface area (Å²) < 4.78 is 3.31. The van der Waals surface area contributed by atoms with Gasteiger partial charge >= 0.3 is 0 Å². The Morgan fingerprint density at radius 1 is 1.27 bits per heavy atom. The van der Waals surface area contributed by atoms with Crippen LogP contribution in [0.3, 0.4) is 0 Å². The van der Waals surface area contributed by atoms with Crippen LogP contribution >= 0.6 is 11.3 Å². The SMILES string of the molecule is CC1=NC(n2ncc(C)c2-c2cc3cnccc3s2)CC=C1. The average molecular weight is 308 g/mol. The first-order chi connectivity index (χ1) is 10.7. The van der Waals surface area contributed by atoms with Crippen LogP contribution in [-0.4, -0.2) is 20.5 Å². The summed E-state index contributed by atoms with van der Waals surface area (Å²) in [6.07, 6.45) is 10.9. The molecule has 1 aliphatic heterocycles. The third kappa shape index (κ3) is 2.18. The van der Waals surface area contributed by atoms with Gasteiger partial charge in [0.25, 0.3) is 0 Å². The first kappa shape index (κ1) is 13.4. The Kier molecular flexibility index (Phi) is 3.15. The summed E-state index contributed by atoms with van der Waals surface area (Å²) in [5.41, 5.74) is 3.40. The maximum absolute atomic E-state index is 4.73.